The molecule has 12 nitrogen and oxygen atoms in total. The number of carbonyl (C=O) groups is 5. The van der Waals surface area contributed by atoms with Crippen molar-refractivity contribution in [2.75, 3.05) is 13.1 Å². The Morgan fingerprint density at radius 2 is 1.34 bits per heavy atom. The number of amides is 4. The highest BCUT2D eigenvalue weighted by Crippen LogP contribution is 2.19. The number of nitrogens with one attached hydrogen (secondary N) is 5. The summed E-state index contributed by atoms with van der Waals surface area (Å²) >= 11 is 0. The zero-order valence-electron chi connectivity index (χ0n) is 23.7. The number of carboxylic acids is 1. The van der Waals surface area contributed by atoms with Crippen LogP contribution in [0, 0.1) is 0 Å². The van der Waals surface area contributed by atoms with Crippen LogP contribution in [0.15, 0.2) is 91.1 Å². The van der Waals surface area contributed by atoms with E-state index in [0.717, 1.165) is 27.6 Å². The molecule has 0 bridgehead atoms. The molecule has 228 valence electrons. The molecule has 2 unspecified atom stereocenters. The Bertz CT molecular complexity index is 1590. The predicted molar refractivity (Wildman–Crippen MR) is 161 cm³/mol. The summed E-state index contributed by atoms with van der Waals surface area (Å²) in [5.41, 5.74) is 3.12. The second-order valence-corrected chi connectivity index (χ2v) is 9.96. The van der Waals surface area contributed by atoms with Gasteiger partial charge in [-0.05, 0) is 22.8 Å². The third-order valence-corrected chi connectivity index (χ3v) is 6.71. The number of para-hydroxylation sites is 1. The Morgan fingerprint density at radius 1 is 0.705 bits per heavy atom. The third kappa shape index (κ3) is 9.44. The number of ether oxygens (including phenoxy) is 1. The van der Waals surface area contributed by atoms with E-state index in [-0.39, 0.29) is 19.4 Å². The lowest BCUT2D eigenvalue weighted by Crippen LogP contribution is -2.51. The molecular formula is C32H33N5O7. The summed E-state index contributed by atoms with van der Waals surface area (Å²) in [6, 6.07) is 23.2. The van der Waals surface area contributed by atoms with E-state index in [1.54, 1.807) is 42.6 Å². The Labute approximate surface area is 253 Å². The minimum Gasteiger partial charge on any atom is -0.480 e. The van der Waals surface area contributed by atoms with Crippen LogP contribution in [0.3, 0.4) is 0 Å². The lowest BCUT2D eigenvalue weighted by atomic mass is 10.0. The molecule has 3 aromatic carbocycles. The molecule has 0 fully saturated rings. The average molecular weight is 600 g/mol. The molecule has 0 saturated heterocycles. The Hall–Kier alpha value is -5.65. The topological polar surface area (TPSA) is 179 Å². The van der Waals surface area contributed by atoms with Gasteiger partial charge in [0.2, 0.25) is 17.7 Å². The lowest BCUT2D eigenvalue weighted by Gasteiger charge is -2.19. The maximum atomic E-state index is 13.0. The molecule has 0 aliphatic carbocycles. The van der Waals surface area contributed by atoms with Crippen molar-refractivity contribution in [3.8, 4) is 0 Å². The molecule has 1 aromatic heterocycles. The molecule has 0 saturated carbocycles. The van der Waals surface area contributed by atoms with Gasteiger partial charge < -0.3 is 36.1 Å². The van der Waals surface area contributed by atoms with Crippen LogP contribution in [0.4, 0.5) is 4.79 Å². The van der Waals surface area contributed by atoms with Crippen LogP contribution in [0.25, 0.3) is 10.9 Å². The molecule has 6 N–H and O–H groups in total. The Kier molecular flexibility index (Phi) is 11.1. The molecule has 1 heterocycles. The largest absolute Gasteiger partial charge is 0.480 e. The van der Waals surface area contributed by atoms with Crippen molar-refractivity contribution in [1.29, 1.82) is 0 Å². The highest BCUT2D eigenvalue weighted by Gasteiger charge is 2.24. The second kappa shape index (κ2) is 15.5. The molecule has 2 atom stereocenters. The number of carboxylic acid groups (broad SMARTS) is 1. The molecule has 4 rings (SSSR count). The minimum absolute atomic E-state index is 0.0152. The lowest BCUT2D eigenvalue weighted by molar-refractivity contribution is -0.141. The molecule has 0 radical (unpaired) electrons. The monoisotopic (exact) mass is 599 g/mol. The highest BCUT2D eigenvalue weighted by molar-refractivity contribution is 5.92. The number of rotatable bonds is 14. The van der Waals surface area contributed by atoms with E-state index >= 15 is 0 Å². The first-order chi connectivity index (χ1) is 21.3. The summed E-state index contributed by atoms with van der Waals surface area (Å²) in [4.78, 5) is 65.1. The van der Waals surface area contributed by atoms with Crippen LogP contribution in [-0.2, 0) is 43.4 Å². The van der Waals surface area contributed by atoms with Gasteiger partial charge in [0.1, 0.15) is 18.7 Å². The van der Waals surface area contributed by atoms with E-state index in [1.807, 2.05) is 48.5 Å². The molecular weight excluding hydrogens is 566 g/mol. The highest BCUT2D eigenvalue weighted by atomic mass is 16.5. The van der Waals surface area contributed by atoms with Crippen LogP contribution in [0.2, 0.25) is 0 Å². The number of aromatic nitrogens is 1. The van der Waals surface area contributed by atoms with Gasteiger partial charge in [-0.25, -0.2) is 9.59 Å². The van der Waals surface area contributed by atoms with Gasteiger partial charge in [-0.15, -0.1) is 0 Å². The van der Waals surface area contributed by atoms with E-state index in [2.05, 4.69) is 26.3 Å². The van der Waals surface area contributed by atoms with Gasteiger partial charge in [-0.1, -0.05) is 78.9 Å². The van der Waals surface area contributed by atoms with Gasteiger partial charge in [0, 0.05) is 29.9 Å². The number of alkyl carbamates (subject to hydrolysis) is 1. The molecule has 0 aliphatic heterocycles. The van der Waals surface area contributed by atoms with Gasteiger partial charge in [-0.2, -0.15) is 0 Å². The van der Waals surface area contributed by atoms with Crippen molar-refractivity contribution >= 4 is 40.7 Å². The van der Waals surface area contributed by atoms with Crippen LogP contribution in [-0.4, -0.2) is 65.0 Å². The Balaban J connectivity index is 1.25. The number of fused-ring (bicyclic) bond motifs is 1. The molecule has 12 heteroatoms. The first-order valence-corrected chi connectivity index (χ1v) is 13.9. The van der Waals surface area contributed by atoms with E-state index < -0.39 is 55.0 Å². The summed E-state index contributed by atoms with van der Waals surface area (Å²) in [5.74, 6) is -3.24. The van der Waals surface area contributed by atoms with Gasteiger partial charge in [0.15, 0.2) is 0 Å². The van der Waals surface area contributed by atoms with Crippen LogP contribution >= 0.6 is 0 Å². The van der Waals surface area contributed by atoms with Gasteiger partial charge in [0.25, 0.3) is 0 Å². The summed E-state index contributed by atoms with van der Waals surface area (Å²) in [6.07, 6.45) is 1.08. The molecule has 4 aromatic rings. The number of hydrogen-bond donors (Lipinski definition) is 6. The number of aliphatic carboxylic acids is 1. The smallest absolute Gasteiger partial charge is 0.408 e. The predicted octanol–water partition coefficient (Wildman–Crippen LogP) is 2.05. The second-order valence-electron chi connectivity index (χ2n) is 9.96. The summed E-state index contributed by atoms with van der Waals surface area (Å²) < 4.78 is 5.24. The average Bonchev–Trinajstić information content (AvgIpc) is 3.44. The SMILES string of the molecule is O=C(CNC(=O)C(Cc1ccccc1)NC(=O)OCc1ccccc1)NCC(=O)NC(Cc1c[nH]c2ccccc12)C(=O)O. The van der Waals surface area contributed by atoms with Crippen molar-refractivity contribution in [3.05, 3.63) is 108 Å². The number of hydrogen-bond acceptors (Lipinski definition) is 6. The minimum atomic E-state index is -1.22. The molecule has 44 heavy (non-hydrogen) atoms. The number of carbonyl (C=O) groups excluding carboxylic acids is 4. The fraction of sp³-hybridized carbons (Fsp3) is 0.219. The van der Waals surface area contributed by atoms with E-state index in [0.29, 0.717) is 0 Å². The third-order valence-electron chi connectivity index (χ3n) is 6.71. The maximum absolute atomic E-state index is 13.0. The van der Waals surface area contributed by atoms with Crippen molar-refractivity contribution in [3.63, 3.8) is 0 Å². The zero-order chi connectivity index (χ0) is 31.3. The van der Waals surface area contributed by atoms with Gasteiger partial charge in [-0.3, -0.25) is 14.4 Å². The maximum Gasteiger partial charge on any atom is 0.408 e. The first-order valence-electron chi connectivity index (χ1n) is 13.9. The summed E-state index contributed by atoms with van der Waals surface area (Å²) in [5, 5.41) is 20.3. The molecule has 0 aliphatic rings. The van der Waals surface area contributed by atoms with Gasteiger partial charge >= 0.3 is 12.1 Å². The van der Waals surface area contributed by atoms with Crippen LogP contribution in [0.1, 0.15) is 16.7 Å². The first kappa shape index (κ1) is 31.3. The molecule has 4 amide bonds. The van der Waals surface area contributed by atoms with E-state index in [1.165, 1.54) is 0 Å². The van der Waals surface area contributed by atoms with E-state index in [4.69, 9.17) is 4.74 Å². The zero-order valence-corrected chi connectivity index (χ0v) is 23.7. The number of benzene rings is 3. The van der Waals surface area contributed by atoms with E-state index in [9.17, 15) is 29.1 Å². The Morgan fingerprint density at radius 3 is 2.05 bits per heavy atom. The quantitative estimate of drug-likeness (QED) is 0.128. The standard InChI is InChI=1S/C32H33N5O7/c38-28(34-19-29(39)36-27(31(41)42)16-23-17-33-25-14-8-7-13-24(23)25)18-35-30(40)26(15-21-9-3-1-4-10-21)37-32(43)44-20-22-11-5-2-6-12-22/h1-14,17,26-27,33H,15-16,18-20H2,(H,34,38)(H,35,40)(H,36,39)(H,37,43)(H,41,42). The van der Waals surface area contributed by atoms with Crippen molar-refractivity contribution < 1.29 is 33.8 Å². The number of aromatic amines is 1. The fourth-order valence-corrected chi connectivity index (χ4v) is 4.46. The summed E-state index contributed by atoms with van der Waals surface area (Å²) in [6.45, 7) is -0.957. The number of H-pyrrole nitrogens is 1. The molecule has 0 spiro atoms. The normalized spacial score (nSPS) is 12.0. The van der Waals surface area contributed by atoms with Crippen LogP contribution < -0.4 is 21.3 Å². The fourth-order valence-electron chi connectivity index (χ4n) is 4.46. The van der Waals surface area contributed by atoms with Gasteiger partial charge in [0.05, 0.1) is 13.1 Å². The summed E-state index contributed by atoms with van der Waals surface area (Å²) in [7, 11) is 0. The van der Waals surface area contributed by atoms with Crippen LogP contribution in [0.5, 0.6) is 0 Å². The van der Waals surface area contributed by atoms with Crippen molar-refractivity contribution in [1.82, 2.24) is 26.3 Å². The van der Waals surface area contributed by atoms with Crippen molar-refractivity contribution in [2.24, 2.45) is 0 Å². The van der Waals surface area contributed by atoms with Crippen molar-refractivity contribution in [2.45, 2.75) is 31.5 Å².